The third-order valence-electron chi connectivity index (χ3n) is 3.65. The van der Waals surface area contributed by atoms with Crippen molar-refractivity contribution in [2.75, 3.05) is 6.54 Å². The first-order chi connectivity index (χ1) is 6.33. The van der Waals surface area contributed by atoms with Gasteiger partial charge in [0.15, 0.2) is 0 Å². The van der Waals surface area contributed by atoms with Gasteiger partial charge in [-0.05, 0) is 39.0 Å². The minimum atomic E-state index is 0.903. The van der Waals surface area contributed by atoms with E-state index < -0.39 is 0 Å². The molecule has 0 spiro atoms. The van der Waals surface area contributed by atoms with E-state index in [1.54, 1.807) is 11.3 Å². The summed E-state index contributed by atoms with van der Waals surface area (Å²) in [6, 6.07) is 0.903. The molecule has 1 unspecified atom stereocenters. The van der Waals surface area contributed by atoms with E-state index in [1.165, 1.54) is 45.1 Å². The standard InChI is InChI=1S/C12H21N/c1-3-5-11-7-8-12-6-4-9-13(12)10(11)2/h12H,3-9H2,1-2H3. The fourth-order valence-corrected chi connectivity index (χ4v) is 2.91. The molecule has 1 fully saturated rings. The second-order valence-electron chi connectivity index (χ2n) is 4.47. The van der Waals surface area contributed by atoms with Crippen molar-refractivity contribution in [1.82, 2.24) is 4.90 Å². The maximum absolute atomic E-state index is 2.66. The van der Waals surface area contributed by atoms with Gasteiger partial charge in [0.1, 0.15) is 0 Å². The number of rotatable bonds is 2. The van der Waals surface area contributed by atoms with Crippen LogP contribution in [0.4, 0.5) is 0 Å². The maximum atomic E-state index is 2.66. The molecular formula is C12H21N. The second-order valence-corrected chi connectivity index (χ2v) is 4.47. The molecule has 2 rings (SSSR count). The zero-order valence-corrected chi connectivity index (χ0v) is 8.97. The van der Waals surface area contributed by atoms with Crippen LogP contribution < -0.4 is 0 Å². The van der Waals surface area contributed by atoms with Crippen LogP contribution in [-0.2, 0) is 0 Å². The van der Waals surface area contributed by atoms with Crippen molar-refractivity contribution in [2.24, 2.45) is 0 Å². The molecule has 1 atom stereocenters. The second kappa shape index (κ2) is 3.73. The van der Waals surface area contributed by atoms with E-state index in [9.17, 15) is 0 Å². The van der Waals surface area contributed by atoms with Crippen LogP contribution in [0.2, 0.25) is 0 Å². The highest BCUT2D eigenvalue weighted by atomic mass is 15.2. The van der Waals surface area contributed by atoms with Crippen LogP contribution in [0.3, 0.4) is 0 Å². The fraction of sp³-hybridized carbons (Fsp3) is 0.833. The van der Waals surface area contributed by atoms with Gasteiger partial charge in [-0.3, -0.25) is 0 Å². The Balaban J connectivity index is 2.13. The highest BCUT2D eigenvalue weighted by Gasteiger charge is 2.29. The van der Waals surface area contributed by atoms with E-state index in [2.05, 4.69) is 18.7 Å². The van der Waals surface area contributed by atoms with E-state index >= 15 is 0 Å². The van der Waals surface area contributed by atoms with Crippen molar-refractivity contribution in [1.29, 1.82) is 0 Å². The van der Waals surface area contributed by atoms with E-state index in [0.29, 0.717) is 0 Å². The van der Waals surface area contributed by atoms with Crippen LogP contribution in [0.1, 0.15) is 52.4 Å². The summed E-state index contributed by atoms with van der Waals surface area (Å²) >= 11 is 0. The van der Waals surface area contributed by atoms with Crippen LogP contribution in [0.15, 0.2) is 11.3 Å². The van der Waals surface area contributed by atoms with Gasteiger partial charge in [0.05, 0.1) is 0 Å². The van der Waals surface area contributed by atoms with Crippen LogP contribution >= 0.6 is 0 Å². The lowest BCUT2D eigenvalue weighted by Crippen LogP contribution is -2.32. The molecule has 1 heteroatoms. The average molecular weight is 179 g/mol. The summed E-state index contributed by atoms with van der Waals surface area (Å²) in [5.41, 5.74) is 3.36. The smallest absolute Gasteiger partial charge is 0.0290 e. The van der Waals surface area contributed by atoms with Crippen molar-refractivity contribution >= 4 is 0 Å². The summed E-state index contributed by atoms with van der Waals surface area (Å²) in [6.07, 6.45) is 8.30. The molecule has 0 aromatic carbocycles. The van der Waals surface area contributed by atoms with E-state index in [4.69, 9.17) is 0 Å². The number of fused-ring (bicyclic) bond motifs is 1. The SMILES string of the molecule is CCCC1=C(C)N2CCCC2CC1. The van der Waals surface area contributed by atoms with Gasteiger partial charge in [-0.2, -0.15) is 0 Å². The highest BCUT2D eigenvalue weighted by molar-refractivity contribution is 5.17. The summed E-state index contributed by atoms with van der Waals surface area (Å²) in [4.78, 5) is 2.66. The zero-order valence-electron chi connectivity index (χ0n) is 8.97. The summed E-state index contributed by atoms with van der Waals surface area (Å²) in [5, 5.41) is 0. The van der Waals surface area contributed by atoms with E-state index in [0.717, 1.165) is 6.04 Å². The molecule has 0 radical (unpaired) electrons. The van der Waals surface area contributed by atoms with E-state index in [-0.39, 0.29) is 0 Å². The van der Waals surface area contributed by atoms with Gasteiger partial charge >= 0.3 is 0 Å². The molecule has 0 aliphatic carbocycles. The van der Waals surface area contributed by atoms with Gasteiger partial charge in [0.25, 0.3) is 0 Å². The fourth-order valence-electron chi connectivity index (χ4n) is 2.91. The summed E-state index contributed by atoms with van der Waals surface area (Å²) in [6.45, 7) is 5.95. The Morgan fingerprint density at radius 1 is 1.38 bits per heavy atom. The molecule has 0 bridgehead atoms. The zero-order chi connectivity index (χ0) is 9.26. The molecule has 0 saturated carbocycles. The number of nitrogens with zero attached hydrogens (tertiary/aromatic N) is 1. The van der Waals surface area contributed by atoms with Gasteiger partial charge in [-0.1, -0.05) is 18.9 Å². The first-order valence-electron chi connectivity index (χ1n) is 5.78. The lowest BCUT2D eigenvalue weighted by Gasteiger charge is -2.34. The Hall–Kier alpha value is -0.460. The lowest BCUT2D eigenvalue weighted by atomic mass is 9.94. The van der Waals surface area contributed by atoms with Crippen molar-refractivity contribution in [3.05, 3.63) is 11.3 Å². The minimum Gasteiger partial charge on any atom is -0.372 e. The molecule has 0 aromatic rings. The van der Waals surface area contributed by atoms with E-state index in [1.807, 2.05) is 0 Å². The molecule has 2 aliphatic rings. The number of hydrogen-bond acceptors (Lipinski definition) is 1. The highest BCUT2D eigenvalue weighted by Crippen LogP contribution is 2.34. The molecule has 1 nitrogen and oxygen atoms in total. The van der Waals surface area contributed by atoms with Crippen molar-refractivity contribution in [3.8, 4) is 0 Å². The minimum absolute atomic E-state index is 0.903. The summed E-state index contributed by atoms with van der Waals surface area (Å²) in [5.74, 6) is 0. The Bertz CT molecular complexity index is 217. The topological polar surface area (TPSA) is 3.24 Å². The molecule has 0 amide bonds. The molecule has 74 valence electrons. The van der Waals surface area contributed by atoms with Crippen LogP contribution in [0.5, 0.6) is 0 Å². The third kappa shape index (κ3) is 1.61. The van der Waals surface area contributed by atoms with Crippen molar-refractivity contribution in [3.63, 3.8) is 0 Å². The molecule has 2 aliphatic heterocycles. The van der Waals surface area contributed by atoms with Crippen molar-refractivity contribution < 1.29 is 0 Å². The van der Waals surface area contributed by atoms with Crippen LogP contribution in [-0.4, -0.2) is 17.5 Å². The quantitative estimate of drug-likeness (QED) is 0.628. The Morgan fingerprint density at radius 3 is 3.00 bits per heavy atom. The van der Waals surface area contributed by atoms with Crippen molar-refractivity contribution in [2.45, 2.75) is 58.4 Å². The van der Waals surface area contributed by atoms with Crippen LogP contribution in [0, 0.1) is 0 Å². The average Bonchev–Trinajstić information content (AvgIpc) is 2.58. The molecule has 13 heavy (non-hydrogen) atoms. The Morgan fingerprint density at radius 2 is 2.23 bits per heavy atom. The third-order valence-corrected chi connectivity index (χ3v) is 3.65. The van der Waals surface area contributed by atoms with Gasteiger partial charge in [0.2, 0.25) is 0 Å². The van der Waals surface area contributed by atoms with Crippen LogP contribution in [0.25, 0.3) is 0 Å². The maximum Gasteiger partial charge on any atom is 0.0290 e. The molecule has 0 aromatic heterocycles. The lowest BCUT2D eigenvalue weighted by molar-refractivity contribution is 0.279. The first kappa shape index (κ1) is 9.11. The normalized spacial score (nSPS) is 28.2. The molecule has 0 N–H and O–H groups in total. The first-order valence-corrected chi connectivity index (χ1v) is 5.78. The number of allylic oxidation sites excluding steroid dienone is 2. The Kier molecular flexibility index (Phi) is 2.61. The predicted octanol–water partition coefficient (Wildman–Crippen LogP) is 3.32. The monoisotopic (exact) mass is 179 g/mol. The van der Waals surface area contributed by atoms with Gasteiger partial charge in [0, 0.05) is 18.3 Å². The predicted molar refractivity (Wildman–Crippen MR) is 56.6 cm³/mol. The van der Waals surface area contributed by atoms with Gasteiger partial charge in [-0.25, -0.2) is 0 Å². The Labute approximate surface area is 81.8 Å². The van der Waals surface area contributed by atoms with Gasteiger partial charge < -0.3 is 4.90 Å². The largest absolute Gasteiger partial charge is 0.372 e. The molecule has 2 heterocycles. The molecule has 1 saturated heterocycles. The summed E-state index contributed by atoms with van der Waals surface area (Å²) in [7, 11) is 0. The summed E-state index contributed by atoms with van der Waals surface area (Å²) < 4.78 is 0. The number of hydrogen-bond donors (Lipinski definition) is 0. The van der Waals surface area contributed by atoms with Gasteiger partial charge in [-0.15, -0.1) is 0 Å². The molecular weight excluding hydrogens is 158 g/mol.